The van der Waals surface area contributed by atoms with Crippen molar-refractivity contribution in [1.82, 2.24) is 20.6 Å². The molecule has 1 aliphatic heterocycles. The van der Waals surface area contributed by atoms with Gasteiger partial charge in [0.05, 0.1) is 13.2 Å². The maximum Gasteiger partial charge on any atom is 0.230 e. The van der Waals surface area contributed by atoms with E-state index in [1.807, 2.05) is 0 Å². The Bertz CT molecular complexity index is 246. The second-order valence-electron chi connectivity index (χ2n) is 3.29. The van der Waals surface area contributed by atoms with Crippen LogP contribution in [0.2, 0.25) is 0 Å². The highest BCUT2D eigenvalue weighted by molar-refractivity contribution is 7.99. The molecule has 0 aromatic carbocycles. The van der Waals surface area contributed by atoms with Crippen molar-refractivity contribution in [2.45, 2.75) is 12.1 Å². The van der Waals surface area contributed by atoms with Gasteiger partial charge in [-0.25, -0.2) is 0 Å². The van der Waals surface area contributed by atoms with Gasteiger partial charge in [-0.1, -0.05) is 18.7 Å². The van der Waals surface area contributed by atoms with Crippen molar-refractivity contribution in [3.63, 3.8) is 0 Å². The van der Waals surface area contributed by atoms with Crippen molar-refractivity contribution < 1.29 is 4.74 Å². The number of thioether (sulfide) groups is 1. The number of H-pyrrole nitrogens is 1. The Morgan fingerprint density at radius 1 is 1.67 bits per heavy atom. The first-order valence-electron chi connectivity index (χ1n) is 3.73. The summed E-state index contributed by atoms with van der Waals surface area (Å²) in [6, 6.07) is 0. The Morgan fingerprint density at radius 3 is 3.00 bits per heavy atom. The van der Waals surface area contributed by atoms with Gasteiger partial charge in [-0.3, -0.25) is 0 Å². The average molecular weight is 186 g/mol. The molecule has 2 rings (SSSR count). The number of ether oxygens (including phenoxy) is 1. The van der Waals surface area contributed by atoms with Crippen LogP contribution in [0.5, 0.6) is 0 Å². The van der Waals surface area contributed by atoms with Crippen LogP contribution in [0.25, 0.3) is 0 Å². The average Bonchev–Trinajstić information content (AvgIpc) is 2.49. The van der Waals surface area contributed by atoms with Crippen LogP contribution in [-0.4, -0.2) is 39.6 Å². The van der Waals surface area contributed by atoms with E-state index in [1.165, 1.54) is 0 Å². The van der Waals surface area contributed by atoms with Gasteiger partial charge in [-0.05, 0) is 5.21 Å². The summed E-state index contributed by atoms with van der Waals surface area (Å²) in [5, 5.41) is 14.3. The highest BCUT2D eigenvalue weighted by atomic mass is 32.2. The lowest BCUT2D eigenvalue weighted by Crippen LogP contribution is -2.41. The minimum atomic E-state index is 0.311. The van der Waals surface area contributed by atoms with Gasteiger partial charge < -0.3 is 4.74 Å². The van der Waals surface area contributed by atoms with E-state index in [9.17, 15) is 0 Å². The first kappa shape index (κ1) is 8.00. The number of hydrogen-bond donors (Lipinski definition) is 1. The predicted octanol–water partition coefficient (Wildman–Crippen LogP) is 0.328. The topological polar surface area (TPSA) is 63.7 Å². The third-order valence-electron chi connectivity index (χ3n) is 1.78. The van der Waals surface area contributed by atoms with Crippen molar-refractivity contribution in [3.8, 4) is 0 Å². The van der Waals surface area contributed by atoms with Gasteiger partial charge in [-0.2, -0.15) is 5.21 Å². The third-order valence-corrected chi connectivity index (χ3v) is 3.05. The quantitative estimate of drug-likeness (QED) is 0.689. The van der Waals surface area contributed by atoms with Crippen molar-refractivity contribution in [3.05, 3.63) is 0 Å². The molecule has 0 atom stereocenters. The fourth-order valence-corrected chi connectivity index (χ4v) is 1.83. The molecule has 1 fully saturated rings. The molecule has 0 saturated carbocycles. The van der Waals surface area contributed by atoms with E-state index in [0.717, 1.165) is 19.0 Å². The van der Waals surface area contributed by atoms with E-state index in [4.69, 9.17) is 4.74 Å². The molecule has 0 unspecified atom stereocenters. The lowest BCUT2D eigenvalue weighted by atomic mass is 9.92. The van der Waals surface area contributed by atoms with Crippen LogP contribution in [-0.2, 0) is 4.74 Å². The number of tetrazole rings is 1. The molecule has 0 bridgehead atoms. The molecule has 6 heteroatoms. The number of hydrogen-bond acceptors (Lipinski definition) is 5. The molecule has 1 saturated heterocycles. The molecule has 2 heterocycles. The molecule has 0 aliphatic carbocycles. The number of nitrogens with one attached hydrogen (secondary N) is 1. The number of nitrogens with zero attached hydrogens (tertiary/aromatic N) is 3. The Kier molecular flexibility index (Phi) is 2.02. The summed E-state index contributed by atoms with van der Waals surface area (Å²) in [6.45, 7) is 3.89. The molecule has 0 radical (unpaired) electrons. The van der Waals surface area contributed by atoms with E-state index < -0.39 is 0 Å². The summed E-state index contributed by atoms with van der Waals surface area (Å²) in [4.78, 5) is 0. The highest BCUT2D eigenvalue weighted by Gasteiger charge is 2.33. The number of aromatic nitrogens is 4. The summed E-state index contributed by atoms with van der Waals surface area (Å²) in [6.07, 6.45) is 0. The Balaban J connectivity index is 1.82. The van der Waals surface area contributed by atoms with Gasteiger partial charge in [-0.15, -0.1) is 10.2 Å². The fraction of sp³-hybridized carbons (Fsp3) is 0.833. The van der Waals surface area contributed by atoms with E-state index in [-0.39, 0.29) is 0 Å². The third kappa shape index (κ3) is 1.59. The van der Waals surface area contributed by atoms with Gasteiger partial charge in [0.15, 0.2) is 0 Å². The molecular weight excluding hydrogens is 176 g/mol. The first-order chi connectivity index (χ1) is 5.79. The van der Waals surface area contributed by atoms with E-state index in [1.54, 1.807) is 11.8 Å². The monoisotopic (exact) mass is 186 g/mol. The number of rotatable bonds is 3. The van der Waals surface area contributed by atoms with E-state index in [2.05, 4.69) is 27.5 Å². The van der Waals surface area contributed by atoms with Crippen LogP contribution in [0.1, 0.15) is 6.92 Å². The second-order valence-corrected chi connectivity index (χ2v) is 4.23. The molecule has 66 valence electrons. The van der Waals surface area contributed by atoms with Crippen molar-refractivity contribution in [2.24, 2.45) is 5.41 Å². The molecule has 0 amide bonds. The largest absolute Gasteiger partial charge is 0.380 e. The van der Waals surface area contributed by atoms with Crippen LogP contribution in [0.4, 0.5) is 0 Å². The first-order valence-corrected chi connectivity index (χ1v) is 4.71. The molecular formula is C6H10N4OS. The molecule has 0 spiro atoms. The Labute approximate surface area is 74.3 Å². The molecule has 1 aromatic rings. The maximum atomic E-state index is 5.13. The van der Waals surface area contributed by atoms with Crippen molar-refractivity contribution >= 4 is 11.8 Å². The van der Waals surface area contributed by atoms with E-state index in [0.29, 0.717) is 10.6 Å². The van der Waals surface area contributed by atoms with Crippen LogP contribution < -0.4 is 0 Å². The van der Waals surface area contributed by atoms with Gasteiger partial charge in [0.25, 0.3) is 0 Å². The summed E-state index contributed by atoms with van der Waals surface area (Å²) in [7, 11) is 0. The normalized spacial score (nSPS) is 20.4. The number of aromatic amines is 1. The van der Waals surface area contributed by atoms with E-state index >= 15 is 0 Å². The SMILES string of the molecule is CC1(CSc2nn[nH]n2)COC1. The van der Waals surface area contributed by atoms with Crippen molar-refractivity contribution in [1.29, 1.82) is 0 Å². The van der Waals surface area contributed by atoms with Crippen LogP contribution in [0.15, 0.2) is 5.16 Å². The van der Waals surface area contributed by atoms with Gasteiger partial charge >= 0.3 is 0 Å². The smallest absolute Gasteiger partial charge is 0.230 e. The Hall–Kier alpha value is -0.620. The van der Waals surface area contributed by atoms with Crippen LogP contribution in [0.3, 0.4) is 0 Å². The van der Waals surface area contributed by atoms with Gasteiger partial charge in [0.2, 0.25) is 5.16 Å². The summed E-state index contributed by atoms with van der Waals surface area (Å²) < 4.78 is 5.13. The predicted molar refractivity (Wildman–Crippen MR) is 43.8 cm³/mol. The highest BCUT2D eigenvalue weighted by Crippen LogP contribution is 2.32. The Morgan fingerprint density at radius 2 is 2.50 bits per heavy atom. The molecule has 1 aromatic heterocycles. The zero-order chi connectivity index (χ0) is 8.44. The fourth-order valence-electron chi connectivity index (χ4n) is 0.986. The second kappa shape index (κ2) is 3.02. The molecule has 5 nitrogen and oxygen atoms in total. The molecule has 12 heavy (non-hydrogen) atoms. The lowest BCUT2D eigenvalue weighted by Gasteiger charge is -2.37. The molecule has 1 aliphatic rings. The van der Waals surface area contributed by atoms with Crippen LogP contribution >= 0.6 is 11.8 Å². The zero-order valence-corrected chi connectivity index (χ0v) is 7.60. The summed E-state index contributed by atoms with van der Waals surface area (Å²) in [5.74, 6) is 0.993. The summed E-state index contributed by atoms with van der Waals surface area (Å²) in [5.41, 5.74) is 0.311. The lowest BCUT2D eigenvalue weighted by molar-refractivity contribution is -0.0861. The molecule has 1 N–H and O–H groups in total. The van der Waals surface area contributed by atoms with Crippen LogP contribution in [0, 0.1) is 5.41 Å². The minimum Gasteiger partial charge on any atom is -0.380 e. The summed E-state index contributed by atoms with van der Waals surface area (Å²) >= 11 is 1.61. The van der Waals surface area contributed by atoms with Crippen molar-refractivity contribution in [2.75, 3.05) is 19.0 Å². The maximum absolute atomic E-state index is 5.13. The standard InChI is InChI=1S/C6H10N4OS/c1-6(2-11-3-6)4-12-5-7-9-10-8-5/h2-4H2,1H3,(H,7,8,9,10). The van der Waals surface area contributed by atoms with Gasteiger partial charge in [0, 0.05) is 11.2 Å². The minimum absolute atomic E-state index is 0.311. The van der Waals surface area contributed by atoms with Gasteiger partial charge in [0.1, 0.15) is 0 Å². The zero-order valence-electron chi connectivity index (χ0n) is 6.78.